The maximum absolute atomic E-state index is 4.37. The van der Waals surface area contributed by atoms with Gasteiger partial charge in [-0.25, -0.2) is 4.98 Å². The molecule has 0 fully saturated rings. The van der Waals surface area contributed by atoms with E-state index < -0.39 is 0 Å². The zero-order valence-corrected chi connectivity index (χ0v) is 15.3. The maximum Gasteiger partial charge on any atom is 0.191 e. The van der Waals surface area contributed by atoms with E-state index >= 15 is 0 Å². The van der Waals surface area contributed by atoms with Crippen molar-refractivity contribution in [2.24, 2.45) is 4.99 Å². The van der Waals surface area contributed by atoms with Gasteiger partial charge >= 0.3 is 0 Å². The average molecular weight is 331 g/mol. The van der Waals surface area contributed by atoms with Crippen molar-refractivity contribution in [1.29, 1.82) is 0 Å². The molecule has 4 nitrogen and oxygen atoms in total. The molecule has 1 aromatic carbocycles. The number of guanidine groups is 1. The molecule has 0 unspecified atom stereocenters. The van der Waals surface area contributed by atoms with Gasteiger partial charge in [-0.3, -0.25) is 4.99 Å². The van der Waals surface area contributed by atoms with Gasteiger partial charge in [0.05, 0.1) is 5.01 Å². The summed E-state index contributed by atoms with van der Waals surface area (Å²) in [5, 5.41) is 7.88. The van der Waals surface area contributed by atoms with Crippen LogP contribution in [0.1, 0.15) is 26.6 Å². The van der Waals surface area contributed by atoms with Crippen molar-refractivity contribution in [3.05, 3.63) is 51.0 Å². The Morgan fingerprint density at radius 1 is 1.04 bits per heavy atom. The Bertz CT molecular complexity index is 641. The molecule has 0 atom stereocenters. The summed E-state index contributed by atoms with van der Waals surface area (Å²) in [6.07, 6.45) is 3.85. The summed E-state index contributed by atoms with van der Waals surface area (Å²) in [5.74, 6) is 0.850. The molecular weight excluding hydrogens is 304 g/mol. The molecule has 0 radical (unpaired) electrons. The third kappa shape index (κ3) is 6.02. The number of aryl methyl sites for hydroxylation is 3. The van der Waals surface area contributed by atoms with Crippen LogP contribution in [0.5, 0.6) is 0 Å². The van der Waals surface area contributed by atoms with Crippen LogP contribution in [0.25, 0.3) is 0 Å². The predicted octanol–water partition coefficient (Wildman–Crippen LogP) is 3.02. The van der Waals surface area contributed by atoms with Gasteiger partial charge in [0.1, 0.15) is 0 Å². The fourth-order valence-corrected chi connectivity index (χ4v) is 3.35. The minimum Gasteiger partial charge on any atom is -0.356 e. The number of aromatic nitrogens is 1. The van der Waals surface area contributed by atoms with E-state index in [4.69, 9.17) is 0 Å². The molecular formula is C18H26N4S. The first-order chi connectivity index (χ1) is 11.1. The largest absolute Gasteiger partial charge is 0.356 e. The highest BCUT2D eigenvalue weighted by Crippen LogP contribution is 2.11. The van der Waals surface area contributed by atoms with Gasteiger partial charge in [0.15, 0.2) is 5.96 Å². The van der Waals surface area contributed by atoms with Gasteiger partial charge in [0.25, 0.3) is 0 Å². The fraction of sp³-hybridized carbons (Fsp3) is 0.444. The Morgan fingerprint density at radius 2 is 1.70 bits per heavy atom. The van der Waals surface area contributed by atoms with Crippen LogP contribution < -0.4 is 10.6 Å². The van der Waals surface area contributed by atoms with Crippen LogP contribution in [0, 0.1) is 20.8 Å². The summed E-state index contributed by atoms with van der Waals surface area (Å²) < 4.78 is 0. The predicted molar refractivity (Wildman–Crippen MR) is 99.5 cm³/mol. The highest BCUT2D eigenvalue weighted by Gasteiger charge is 2.01. The summed E-state index contributed by atoms with van der Waals surface area (Å²) in [6, 6.07) is 6.70. The molecule has 0 spiro atoms. The number of aliphatic imine (C=N–C) groups is 1. The van der Waals surface area contributed by atoms with E-state index in [0.29, 0.717) is 0 Å². The number of nitrogens with zero attached hydrogens (tertiary/aromatic N) is 2. The Kier molecular flexibility index (Phi) is 6.59. The van der Waals surface area contributed by atoms with Crippen LogP contribution in [0.15, 0.2) is 29.4 Å². The van der Waals surface area contributed by atoms with Gasteiger partial charge in [-0.15, -0.1) is 11.3 Å². The molecule has 0 aliphatic carbocycles. The van der Waals surface area contributed by atoms with E-state index in [0.717, 1.165) is 31.9 Å². The molecule has 0 aliphatic rings. The summed E-state index contributed by atoms with van der Waals surface area (Å²) in [5.41, 5.74) is 4.01. The second-order valence-corrected chi connectivity index (χ2v) is 7.11. The minimum absolute atomic E-state index is 0.843. The van der Waals surface area contributed by atoms with Crippen molar-refractivity contribution in [2.75, 3.05) is 20.1 Å². The van der Waals surface area contributed by atoms with Gasteiger partial charge in [-0.1, -0.05) is 29.3 Å². The smallest absolute Gasteiger partial charge is 0.191 e. The minimum atomic E-state index is 0.843. The Hall–Kier alpha value is -1.88. The molecule has 1 heterocycles. The van der Waals surface area contributed by atoms with E-state index in [9.17, 15) is 0 Å². The van der Waals surface area contributed by atoms with Gasteiger partial charge in [0, 0.05) is 37.6 Å². The van der Waals surface area contributed by atoms with Crippen molar-refractivity contribution < 1.29 is 0 Å². The van der Waals surface area contributed by atoms with Crippen LogP contribution in [0.3, 0.4) is 0 Å². The lowest BCUT2D eigenvalue weighted by Crippen LogP contribution is -2.39. The van der Waals surface area contributed by atoms with Crippen molar-refractivity contribution in [3.8, 4) is 0 Å². The Labute approximate surface area is 143 Å². The van der Waals surface area contributed by atoms with E-state index in [2.05, 4.69) is 59.6 Å². The standard InChI is InChI=1S/C18H26N4S/c1-13-9-14(2)11-16(10-13)5-7-20-18(19-4)21-8-6-17-22-12-15(3)23-17/h9-12H,5-8H2,1-4H3,(H2,19,20,21). The number of thiazole rings is 1. The number of benzene rings is 1. The molecule has 2 aromatic rings. The monoisotopic (exact) mass is 330 g/mol. The molecule has 2 rings (SSSR count). The van der Waals surface area contributed by atoms with Crippen LogP contribution in [-0.4, -0.2) is 31.1 Å². The fourth-order valence-electron chi connectivity index (χ4n) is 2.56. The highest BCUT2D eigenvalue weighted by molar-refractivity contribution is 7.11. The molecule has 0 saturated carbocycles. The van der Waals surface area contributed by atoms with Gasteiger partial charge in [-0.2, -0.15) is 0 Å². The summed E-state index contributed by atoms with van der Waals surface area (Å²) in [4.78, 5) is 9.90. The summed E-state index contributed by atoms with van der Waals surface area (Å²) in [7, 11) is 1.81. The van der Waals surface area contributed by atoms with Crippen molar-refractivity contribution in [3.63, 3.8) is 0 Å². The second kappa shape index (κ2) is 8.67. The normalized spacial score (nSPS) is 11.6. The zero-order chi connectivity index (χ0) is 16.7. The van der Waals surface area contributed by atoms with E-state index in [1.54, 1.807) is 18.4 Å². The molecule has 0 saturated heterocycles. The highest BCUT2D eigenvalue weighted by atomic mass is 32.1. The Morgan fingerprint density at radius 3 is 2.26 bits per heavy atom. The van der Waals surface area contributed by atoms with Crippen LogP contribution in [-0.2, 0) is 12.8 Å². The summed E-state index contributed by atoms with van der Waals surface area (Å²) in [6.45, 7) is 8.09. The molecule has 0 amide bonds. The topological polar surface area (TPSA) is 49.3 Å². The van der Waals surface area contributed by atoms with Crippen molar-refractivity contribution >= 4 is 17.3 Å². The van der Waals surface area contributed by atoms with E-state index in [1.165, 1.54) is 26.6 Å². The van der Waals surface area contributed by atoms with Crippen molar-refractivity contribution in [1.82, 2.24) is 15.6 Å². The molecule has 23 heavy (non-hydrogen) atoms. The van der Waals surface area contributed by atoms with Crippen LogP contribution >= 0.6 is 11.3 Å². The summed E-state index contributed by atoms with van der Waals surface area (Å²) >= 11 is 1.75. The number of nitrogens with one attached hydrogen (secondary N) is 2. The first-order valence-corrected chi connectivity index (χ1v) is 8.81. The molecule has 5 heteroatoms. The van der Waals surface area contributed by atoms with E-state index in [1.807, 2.05) is 6.20 Å². The van der Waals surface area contributed by atoms with Crippen LogP contribution in [0.2, 0.25) is 0 Å². The molecule has 2 N–H and O–H groups in total. The SMILES string of the molecule is CN=C(NCCc1cc(C)cc(C)c1)NCCc1ncc(C)s1. The second-order valence-electron chi connectivity index (χ2n) is 5.79. The first kappa shape index (κ1) is 17.5. The van der Waals surface area contributed by atoms with E-state index in [-0.39, 0.29) is 0 Å². The zero-order valence-electron chi connectivity index (χ0n) is 14.4. The van der Waals surface area contributed by atoms with Gasteiger partial charge in [-0.05, 0) is 32.8 Å². The van der Waals surface area contributed by atoms with Crippen LogP contribution in [0.4, 0.5) is 0 Å². The number of hydrogen-bond acceptors (Lipinski definition) is 3. The number of hydrogen-bond donors (Lipinski definition) is 2. The molecule has 0 bridgehead atoms. The third-order valence-electron chi connectivity index (χ3n) is 3.51. The molecule has 0 aliphatic heterocycles. The lowest BCUT2D eigenvalue weighted by atomic mass is 10.1. The lowest BCUT2D eigenvalue weighted by molar-refractivity contribution is 0.782. The molecule has 124 valence electrons. The average Bonchev–Trinajstić information content (AvgIpc) is 2.90. The quantitative estimate of drug-likeness (QED) is 0.632. The third-order valence-corrected chi connectivity index (χ3v) is 4.48. The van der Waals surface area contributed by atoms with Gasteiger partial charge in [0.2, 0.25) is 0 Å². The first-order valence-electron chi connectivity index (χ1n) is 8.00. The Balaban J connectivity index is 1.72. The maximum atomic E-state index is 4.37. The number of rotatable bonds is 6. The molecule has 1 aromatic heterocycles. The lowest BCUT2D eigenvalue weighted by Gasteiger charge is -2.12. The van der Waals surface area contributed by atoms with Gasteiger partial charge < -0.3 is 10.6 Å². The van der Waals surface area contributed by atoms with Crippen molar-refractivity contribution in [2.45, 2.75) is 33.6 Å².